The molecule has 1 aromatic carbocycles. The van der Waals surface area contributed by atoms with E-state index in [1.807, 2.05) is 0 Å². The van der Waals surface area contributed by atoms with Crippen LogP contribution in [0.3, 0.4) is 0 Å². The molecule has 1 N–H and O–H groups in total. The topological polar surface area (TPSA) is 71.5 Å². The second-order valence-corrected chi connectivity index (χ2v) is 6.07. The summed E-state index contributed by atoms with van der Waals surface area (Å²) in [6.07, 6.45) is 1.55. The number of likely N-dealkylation sites (N-methyl/N-ethyl adjacent to an activating group) is 1. The normalized spacial score (nSPS) is 10.3. The third-order valence-corrected chi connectivity index (χ3v) is 4.14. The summed E-state index contributed by atoms with van der Waals surface area (Å²) in [6, 6.07) is 8.18. The molecule has 0 aliphatic carbocycles. The summed E-state index contributed by atoms with van der Waals surface area (Å²) in [7, 11) is 0. The van der Waals surface area contributed by atoms with Gasteiger partial charge in [0, 0.05) is 12.7 Å². The van der Waals surface area contributed by atoms with Crippen LogP contribution < -0.4 is 10.1 Å². The Morgan fingerprint density at radius 2 is 1.85 bits per heavy atom. The third-order valence-electron chi connectivity index (χ3n) is 3.51. The van der Waals surface area contributed by atoms with Crippen molar-refractivity contribution in [2.45, 2.75) is 13.8 Å². The number of amides is 2. The number of para-hydroxylation sites is 1. The summed E-state index contributed by atoms with van der Waals surface area (Å²) in [5.41, 5.74) is 0.625. The molecule has 0 fully saturated rings. The number of ether oxygens (including phenoxy) is 1. The Kier molecular flexibility index (Phi) is 7.24. The lowest BCUT2D eigenvalue weighted by Crippen LogP contribution is -2.38. The molecule has 0 radical (unpaired) electrons. The summed E-state index contributed by atoms with van der Waals surface area (Å²) in [6.45, 7) is 4.15. The Balaban J connectivity index is 2.14. The molecule has 1 heterocycles. The van der Waals surface area contributed by atoms with Crippen molar-refractivity contribution in [1.82, 2.24) is 9.88 Å². The molecule has 0 unspecified atom stereocenters. The van der Waals surface area contributed by atoms with Crippen molar-refractivity contribution in [3.8, 4) is 5.88 Å². The Labute approximate surface area is 162 Å². The van der Waals surface area contributed by atoms with Crippen molar-refractivity contribution in [3.05, 3.63) is 52.1 Å². The maximum absolute atomic E-state index is 12.8. The molecule has 0 spiro atoms. The molecule has 1 aromatic heterocycles. The van der Waals surface area contributed by atoms with Crippen LogP contribution >= 0.6 is 23.2 Å². The summed E-state index contributed by atoms with van der Waals surface area (Å²) in [5, 5.41) is 3.30. The van der Waals surface area contributed by atoms with Crippen LogP contribution in [0.1, 0.15) is 24.2 Å². The van der Waals surface area contributed by atoms with Gasteiger partial charge in [-0.15, -0.1) is 0 Å². The minimum Gasteiger partial charge on any atom is -0.477 e. The molecule has 0 bridgehead atoms. The number of hydrogen-bond acceptors (Lipinski definition) is 4. The molecule has 138 valence electrons. The number of anilines is 1. The van der Waals surface area contributed by atoms with Gasteiger partial charge in [-0.05, 0) is 38.1 Å². The van der Waals surface area contributed by atoms with Crippen LogP contribution in [0.5, 0.6) is 5.88 Å². The fourth-order valence-electron chi connectivity index (χ4n) is 2.27. The van der Waals surface area contributed by atoms with Crippen molar-refractivity contribution >= 4 is 40.7 Å². The SMILES string of the molecule is CCOc1ncccc1C(=O)N(CC)CC(=O)Nc1c(Cl)cccc1Cl. The highest BCUT2D eigenvalue weighted by atomic mass is 35.5. The fourth-order valence-corrected chi connectivity index (χ4v) is 2.76. The zero-order valence-corrected chi connectivity index (χ0v) is 16.0. The average molecular weight is 396 g/mol. The summed E-state index contributed by atoms with van der Waals surface area (Å²) in [4.78, 5) is 30.6. The monoisotopic (exact) mass is 395 g/mol. The van der Waals surface area contributed by atoms with Gasteiger partial charge in [-0.1, -0.05) is 29.3 Å². The zero-order valence-electron chi connectivity index (χ0n) is 14.5. The van der Waals surface area contributed by atoms with E-state index in [1.54, 1.807) is 50.4 Å². The highest BCUT2D eigenvalue weighted by Gasteiger charge is 2.22. The molecule has 0 aliphatic rings. The van der Waals surface area contributed by atoms with Gasteiger partial charge in [0.15, 0.2) is 0 Å². The predicted octanol–water partition coefficient (Wildman–Crippen LogP) is 3.89. The molecule has 8 heteroatoms. The van der Waals surface area contributed by atoms with E-state index >= 15 is 0 Å². The lowest BCUT2D eigenvalue weighted by Gasteiger charge is -2.21. The van der Waals surface area contributed by atoms with Gasteiger partial charge in [0.1, 0.15) is 12.1 Å². The van der Waals surface area contributed by atoms with Crippen LogP contribution in [-0.2, 0) is 4.79 Å². The number of pyridine rings is 1. The van der Waals surface area contributed by atoms with Gasteiger partial charge in [-0.3, -0.25) is 9.59 Å². The van der Waals surface area contributed by atoms with E-state index < -0.39 is 5.91 Å². The van der Waals surface area contributed by atoms with E-state index in [4.69, 9.17) is 27.9 Å². The lowest BCUT2D eigenvalue weighted by atomic mass is 10.2. The number of aromatic nitrogens is 1. The minimum absolute atomic E-state index is 0.155. The summed E-state index contributed by atoms with van der Waals surface area (Å²) in [5.74, 6) is -0.505. The van der Waals surface area contributed by atoms with E-state index in [2.05, 4.69) is 10.3 Å². The number of hydrogen-bond donors (Lipinski definition) is 1. The van der Waals surface area contributed by atoms with E-state index in [1.165, 1.54) is 4.90 Å². The first-order valence-corrected chi connectivity index (χ1v) is 8.84. The quantitative estimate of drug-likeness (QED) is 0.771. The molecule has 26 heavy (non-hydrogen) atoms. The van der Waals surface area contributed by atoms with Crippen molar-refractivity contribution < 1.29 is 14.3 Å². The number of benzene rings is 1. The second-order valence-electron chi connectivity index (χ2n) is 5.25. The van der Waals surface area contributed by atoms with E-state index in [9.17, 15) is 9.59 Å². The van der Waals surface area contributed by atoms with Gasteiger partial charge in [-0.25, -0.2) is 4.98 Å². The van der Waals surface area contributed by atoms with Crippen LogP contribution in [0.15, 0.2) is 36.5 Å². The number of nitrogens with zero attached hydrogens (tertiary/aromatic N) is 2. The van der Waals surface area contributed by atoms with Gasteiger partial charge in [-0.2, -0.15) is 0 Å². The second kappa shape index (κ2) is 9.40. The number of rotatable bonds is 7. The van der Waals surface area contributed by atoms with E-state index in [-0.39, 0.29) is 18.3 Å². The largest absolute Gasteiger partial charge is 0.477 e. The first-order valence-electron chi connectivity index (χ1n) is 8.08. The van der Waals surface area contributed by atoms with Gasteiger partial charge >= 0.3 is 0 Å². The molecule has 2 aromatic rings. The van der Waals surface area contributed by atoms with Crippen molar-refractivity contribution in [3.63, 3.8) is 0 Å². The molecule has 0 saturated heterocycles. The highest BCUT2D eigenvalue weighted by Crippen LogP contribution is 2.29. The molecular formula is C18H19Cl2N3O3. The third kappa shape index (κ3) is 4.86. The van der Waals surface area contributed by atoms with Gasteiger partial charge in [0.25, 0.3) is 5.91 Å². The van der Waals surface area contributed by atoms with Gasteiger partial charge in [0.2, 0.25) is 11.8 Å². The average Bonchev–Trinajstić information content (AvgIpc) is 2.63. The van der Waals surface area contributed by atoms with Gasteiger partial charge in [0.05, 0.1) is 22.3 Å². The van der Waals surface area contributed by atoms with Crippen LogP contribution in [0.25, 0.3) is 0 Å². The standard InChI is InChI=1S/C18H19Cl2N3O3/c1-3-23(18(25)12-7-6-10-21-17(12)26-4-2)11-15(24)22-16-13(19)8-5-9-14(16)20/h5-10H,3-4,11H2,1-2H3,(H,22,24). The van der Waals surface area contributed by atoms with Crippen LogP contribution in [0, 0.1) is 0 Å². The van der Waals surface area contributed by atoms with Crippen LogP contribution in [0.4, 0.5) is 5.69 Å². The fraction of sp³-hybridized carbons (Fsp3) is 0.278. The van der Waals surface area contributed by atoms with Crippen molar-refractivity contribution in [2.75, 3.05) is 25.0 Å². The molecule has 2 rings (SSSR count). The van der Waals surface area contributed by atoms with Crippen LogP contribution in [0.2, 0.25) is 10.0 Å². The Hall–Kier alpha value is -2.31. The zero-order chi connectivity index (χ0) is 19.1. The number of carbonyl (C=O) groups is 2. The van der Waals surface area contributed by atoms with E-state index in [0.717, 1.165) is 0 Å². The predicted molar refractivity (Wildman–Crippen MR) is 102 cm³/mol. The Morgan fingerprint density at radius 1 is 1.15 bits per heavy atom. The van der Waals surface area contributed by atoms with E-state index in [0.29, 0.717) is 34.4 Å². The molecule has 0 aliphatic heterocycles. The van der Waals surface area contributed by atoms with Gasteiger partial charge < -0.3 is 15.0 Å². The first kappa shape index (κ1) is 20.0. The van der Waals surface area contributed by atoms with Crippen LogP contribution in [-0.4, -0.2) is 41.4 Å². The first-order chi connectivity index (χ1) is 12.5. The molecule has 0 atom stereocenters. The summed E-state index contributed by atoms with van der Waals surface area (Å²) >= 11 is 12.1. The molecular weight excluding hydrogens is 377 g/mol. The van der Waals surface area contributed by atoms with Crippen molar-refractivity contribution in [1.29, 1.82) is 0 Å². The molecule has 6 nitrogen and oxygen atoms in total. The smallest absolute Gasteiger partial charge is 0.259 e. The number of halogens is 2. The number of carbonyl (C=O) groups excluding carboxylic acids is 2. The lowest BCUT2D eigenvalue weighted by molar-refractivity contribution is -0.116. The maximum atomic E-state index is 12.8. The Bertz CT molecular complexity index is 779. The molecule has 2 amide bonds. The summed E-state index contributed by atoms with van der Waals surface area (Å²) < 4.78 is 5.39. The van der Waals surface area contributed by atoms with Crippen molar-refractivity contribution in [2.24, 2.45) is 0 Å². The Morgan fingerprint density at radius 3 is 2.46 bits per heavy atom. The molecule has 0 saturated carbocycles. The highest BCUT2D eigenvalue weighted by molar-refractivity contribution is 6.39. The minimum atomic E-state index is -0.406. The maximum Gasteiger partial charge on any atom is 0.259 e. The number of nitrogens with one attached hydrogen (secondary N) is 1.